The maximum Gasteiger partial charge on any atom is 0.312 e. The first kappa shape index (κ1) is 11.5. The van der Waals surface area contributed by atoms with E-state index in [0.717, 1.165) is 5.56 Å². The fourth-order valence-corrected chi connectivity index (χ4v) is 1.25. The lowest BCUT2D eigenvalue weighted by atomic mass is 10.2. The van der Waals surface area contributed by atoms with Crippen molar-refractivity contribution in [3.8, 4) is 0 Å². The van der Waals surface area contributed by atoms with E-state index in [0.29, 0.717) is 10.7 Å². The van der Waals surface area contributed by atoms with Crippen LogP contribution in [0.2, 0.25) is 5.02 Å². The molecule has 0 aliphatic rings. The third-order valence-electron chi connectivity index (χ3n) is 1.85. The number of benzene rings is 1. The minimum atomic E-state index is -1.16. The lowest BCUT2D eigenvalue weighted by Gasteiger charge is -2.07. The molecule has 0 saturated heterocycles. The number of hydrogen-bond acceptors (Lipinski definition) is 2. The fourth-order valence-electron chi connectivity index (χ4n) is 1.07. The summed E-state index contributed by atoms with van der Waals surface area (Å²) in [5, 5.41) is 11.4. The van der Waals surface area contributed by atoms with Gasteiger partial charge in [-0.2, -0.15) is 0 Å². The maximum atomic E-state index is 11.2. The van der Waals surface area contributed by atoms with Gasteiger partial charge in [0.25, 0.3) is 0 Å². The van der Waals surface area contributed by atoms with Gasteiger partial charge in [0, 0.05) is 10.7 Å². The normalized spacial score (nSPS) is 9.73. The predicted octanol–water partition coefficient (Wildman–Crippen LogP) is 2.06. The molecular formula is C10H10ClNO3. The Balaban J connectivity index is 2.77. The second-order valence-corrected chi connectivity index (χ2v) is 3.44. The van der Waals surface area contributed by atoms with Gasteiger partial charge in [-0.3, -0.25) is 9.59 Å². The van der Waals surface area contributed by atoms with Crippen molar-refractivity contribution < 1.29 is 14.7 Å². The summed E-state index contributed by atoms with van der Waals surface area (Å²) in [6.45, 7) is 1.75. The number of hydrogen-bond donors (Lipinski definition) is 2. The second-order valence-electron chi connectivity index (χ2n) is 3.03. The Morgan fingerprint density at radius 2 is 2.13 bits per heavy atom. The summed E-state index contributed by atoms with van der Waals surface area (Å²) >= 11 is 5.84. The highest BCUT2D eigenvalue weighted by Gasteiger charge is 2.09. The van der Waals surface area contributed by atoms with Crippen molar-refractivity contribution in [3.05, 3.63) is 28.8 Å². The number of anilines is 1. The quantitative estimate of drug-likeness (QED) is 0.777. The molecule has 0 aliphatic carbocycles. The van der Waals surface area contributed by atoms with Gasteiger partial charge in [-0.05, 0) is 24.6 Å². The summed E-state index contributed by atoms with van der Waals surface area (Å²) in [7, 11) is 0. The Morgan fingerprint density at radius 3 is 2.73 bits per heavy atom. The number of halogens is 1. The van der Waals surface area contributed by atoms with Crippen LogP contribution < -0.4 is 5.32 Å². The van der Waals surface area contributed by atoms with E-state index in [2.05, 4.69) is 5.32 Å². The Bertz CT molecular complexity index is 404. The standard InChI is InChI=1S/C10H10ClNO3/c1-6-7(11)3-2-4-8(6)12-9(13)5-10(14)15/h2-4H,5H2,1H3,(H,12,13)(H,14,15). The summed E-state index contributed by atoms with van der Waals surface area (Å²) < 4.78 is 0. The summed E-state index contributed by atoms with van der Waals surface area (Å²) in [6, 6.07) is 5.05. The molecule has 0 fully saturated rings. The van der Waals surface area contributed by atoms with Gasteiger partial charge in [-0.1, -0.05) is 17.7 Å². The highest BCUT2D eigenvalue weighted by molar-refractivity contribution is 6.31. The number of aliphatic carboxylic acids is 1. The molecule has 1 amide bonds. The minimum absolute atomic E-state index is 0.531. The third-order valence-corrected chi connectivity index (χ3v) is 2.26. The van der Waals surface area contributed by atoms with E-state index in [9.17, 15) is 9.59 Å². The Morgan fingerprint density at radius 1 is 1.47 bits per heavy atom. The maximum absolute atomic E-state index is 11.2. The van der Waals surface area contributed by atoms with Crippen molar-refractivity contribution in [1.82, 2.24) is 0 Å². The van der Waals surface area contributed by atoms with Crippen molar-refractivity contribution in [1.29, 1.82) is 0 Å². The molecule has 1 rings (SSSR count). The van der Waals surface area contributed by atoms with E-state index in [1.165, 1.54) is 0 Å². The number of amides is 1. The average Bonchev–Trinajstić information content (AvgIpc) is 2.11. The van der Waals surface area contributed by atoms with Gasteiger partial charge in [0.2, 0.25) is 5.91 Å². The van der Waals surface area contributed by atoms with Crippen LogP contribution in [0.1, 0.15) is 12.0 Å². The monoisotopic (exact) mass is 227 g/mol. The highest BCUT2D eigenvalue weighted by atomic mass is 35.5. The van der Waals surface area contributed by atoms with E-state index >= 15 is 0 Å². The Labute approximate surface area is 91.9 Å². The number of carboxylic acids is 1. The van der Waals surface area contributed by atoms with Gasteiger partial charge in [0.15, 0.2) is 0 Å². The molecule has 0 bridgehead atoms. The van der Waals surface area contributed by atoms with Gasteiger partial charge in [0.05, 0.1) is 0 Å². The number of carbonyl (C=O) groups is 2. The van der Waals surface area contributed by atoms with Crippen LogP contribution in [-0.2, 0) is 9.59 Å². The topological polar surface area (TPSA) is 66.4 Å². The number of rotatable bonds is 3. The van der Waals surface area contributed by atoms with Crippen LogP contribution in [0.25, 0.3) is 0 Å². The molecule has 5 heteroatoms. The molecule has 4 nitrogen and oxygen atoms in total. The fraction of sp³-hybridized carbons (Fsp3) is 0.200. The van der Waals surface area contributed by atoms with Crippen LogP contribution in [-0.4, -0.2) is 17.0 Å². The number of nitrogens with one attached hydrogen (secondary N) is 1. The van der Waals surface area contributed by atoms with Crippen molar-refractivity contribution >= 4 is 29.2 Å². The predicted molar refractivity (Wildman–Crippen MR) is 57.1 cm³/mol. The van der Waals surface area contributed by atoms with Crippen LogP contribution in [0, 0.1) is 6.92 Å². The molecular weight excluding hydrogens is 218 g/mol. The molecule has 0 aliphatic heterocycles. The molecule has 15 heavy (non-hydrogen) atoms. The van der Waals surface area contributed by atoms with E-state index in [1.807, 2.05) is 0 Å². The zero-order valence-corrected chi connectivity index (χ0v) is 8.84. The van der Waals surface area contributed by atoms with Gasteiger partial charge < -0.3 is 10.4 Å². The molecule has 1 aromatic carbocycles. The van der Waals surface area contributed by atoms with Gasteiger partial charge in [-0.15, -0.1) is 0 Å². The zero-order valence-electron chi connectivity index (χ0n) is 8.08. The molecule has 0 atom stereocenters. The summed E-state index contributed by atoms with van der Waals surface area (Å²) in [4.78, 5) is 21.4. The lowest BCUT2D eigenvalue weighted by molar-refractivity contribution is -0.139. The van der Waals surface area contributed by atoms with Gasteiger partial charge in [-0.25, -0.2) is 0 Å². The molecule has 0 heterocycles. The van der Waals surface area contributed by atoms with Gasteiger partial charge >= 0.3 is 5.97 Å². The van der Waals surface area contributed by atoms with Crippen molar-refractivity contribution in [2.24, 2.45) is 0 Å². The van der Waals surface area contributed by atoms with Crippen LogP contribution in [0.15, 0.2) is 18.2 Å². The SMILES string of the molecule is Cc1c(Cl)cccc1NC(=O)CC(=O)O. The van der Waals surface area contributed by atoms with E-state index in [4.69, 9.17) is 16.7 Å². The van der Waals surface area contributed by atoms with E-state index < -0.39 is 18.3 Å². The average molecular weight is 228 g/mol. The van der Waals surface area contributed by atoms with Crippen LogP contribution in [0.3, 0.4) is 0 Å². The molecule has 0 aromatic heterocycles. The minimum Gasteiger partial charge on any atom is -0.481 e. The number of carbonyl (C=O) groups excluding carboxylic acids is 1. The first-order valence-electron chi connectivity index (χ1n) is 4.27. The summed E-state index contributed by atoms with van der Waals surface area (Å²) in [5.74, 6) is -1.72. The van der Waals surface area contributed by atoms with E-state index in [1.54, 1.807) is 25.1 Å². The van der Waals surface area contributed by atoms with E-state index in [-0.39, 0.29) is 0 Å². The molecule has 80 valence electrons. The first-order chi connectivity index (χ1) is 7.00. The zero-order chi connectivity index (χ0) is 11.4. The largest absolute Gasteiger partial charge is 0.481 e. The van der Waals surface area contributed by atoms with Crippen LogP contribution >= 0.6 is 11.6 Å². The Hall–Kier alpha value is -1.55. The summed E-state index contributed by atoms with van der Waals surface area (Å²) in [5.41, 5.74) is 1.26. The van der Waals surface area contributed by atoms with Crippen LogP contribution in [0.5, 0.6) is 0 Å². The first-order valence-corrected chi connectivity index (χ1v) is 4.65. The van der Waals surface area contributed by atoms with Gasteiger partial charge in [0.1, 0.15) is 6.42 Å². The Kier molecular flexibility index (Phi) is 3.68. The molecule has 0 saturated carbocycles. The third kappa shape index (κ3) is 3.25. The van der Waals surface area contributed by atoms with Crippen molar-refractivity contribution in [2.45, 2.75) is 13.3 Å². The smallest absolute Gasteiger partial charge is 0.312 e. The lowest BCUT2D eigenvalue weighted by Crippen LogP contribution is -2.16. The van der Waals surface area contributed by atoms with Crippen molar-refractivity contribution in [3.63, 3.8) is 0 Å². The summed E-state index contributed by atoms with van der Waals surface area (Å²) in [6.07, 6.45) is -0.550. The number of carboxylic acid groups (broad SMARTS) is 1. The molecule has 0 radical (unpaired) electrons. The molecule has 0 unspecified atom stereocenters. The molecule has 2 N–H and O–H groups in total. The molecule has 0 spiro atoms. The van der Waals surface area contributed by atoms with Crippen molar-refractivity contribution in [2.75, 3.05) is 5.32 Å². The highest BCUT2D eigenvalue weighted by Crippen LogP contribution is 2.22. The second kappa shape index (κ2) is 4.79. The van der Waals surface area contributed by atoms with Crippen LogP contribution in [0.4, 0.5) is 5.69 Å². The molecule has 1 aromatic rings.